The Labute approximate surface area is 118 Å². The molecule has 0 saturated carbocycles. The first kappa shape index (κ1) is 15.3. The second-order valence-electron chi connectivity index (χ2n) is 6.10. The molecule has 0 radical (unpaired) electrons. The molecule has 2 rings (SSSR count). The van der Waals surface area contributed by atoms with Crippen LogP contribution in [0.3, 0.4) is 0 Å². The number of nitrogens with one attached hydrogen (secondary N) is 1. The van der Waals surface area contributed by atoms with Crippen LogP contribution in [-0.4, -0.2) is 38.5 Å². The van der Waals surface area contributed by atoms with Crippen LogP contribution in [0.4, 0.5) is 0 Å². The molecule has 0 aromatic carbocycles. The summed E-state index contributed by atoms with van der Waals surface area (Å²) in [7, 11) is 0. The van der Waals surface area contributed by atoms with Crippen molar-refractivity contribution in [3.05, 3.63) is 0 Å². The molecule has 3 heteroatoms. The predicted octanol–water partition coefficient (Wildman–Crippen LogP) is 3.13. The summed E-state index contributed by atoms with van der Waals surface area (Å²) in [4.78, 5) is 0. The van der Waals surface area contributed by atoms with Crippen molar-refractivity contribution < 1.29 is 9.47 Å². The zero-order chi connectivity index (χ0) is 13.3. The molecule has 1 N–H and O–H groups in total. The monoisotopic (exact) mass is 269 g/mol. The molecule has 0 aromatic rings. The molecule has 112 valence electrons. The average Bonchev–Trinajstić information content (AvgIpc) is 2.49. The standard InChI is InChI=1S/C16H31NO2/c1-2-10-17-16(14-6-5-11-18-13-14)9-8-15-7-3-4-12-19-15/h14-17H,2-13H2,1H3. The topological polar surface area (TPSA) is 30.5 Å². The summed E-state index contributed by atoms with van der Waals surface area (Å²) < 4.78 is 11.5. The van der Waals surface area contributed by atoms with Crippen molar-refractivity contribution in [1.82, 2.24) is 5.32 Å². The highest BCUT2D eigenvalue weighted by Gasteiger charge is 2.25. The summed E-state index contributed by atoms with van der Waals surface area (Å²) in [6.45, 7) is 6.26. The maximum Gasteiger partial charge on any atom is 0.0575 e. The van der Waals surface area contributed by atoms with Gasteiger partial charge in [0.25, 0.3) is 0 Å². The van der Waals surface area contributed by atoms with E-state index in [0.717, 1.165) is 26.4 Å². The van der Waals surface area contributed by atoms with E-state index in [1.54, 1.807) is 0 Å². The molecular weight excluding hydrogens is 238 g/mol. The summed E-state index contributed by atoms with van der Waals surface area (Å²) in [5, 5.41) is 3.74. The van der Waals surface area contributed by atoms with E-state index in [-0.39, 0.29) is 0 Å². The molecule has 0 aromatic heterocycles. The fourth-order valence-electron chi connectivity index (χ4n) is 3.32. The third-order valence-electron chi connectivity index (χ3n) is 4.49. The molecule has 0 bridgehead atoms. The van der Waals surface area contributed by atoms with Crippen molar-refractivity contribution in [1.29, 1.82) is 0 Å². The lowest BCUT2D eigenvalue weighted by atomic mass is 9.89. The van der Waals surface area contributed by atoms with E-state index in [4.69, 9.17) is 9.47 Å². The lowest BCUT2D eigenvalue weighted by molar-refractivity contribution is 0.00137. The molecule has 2 heterocycles. The largest absolute Gasteiger partial charge is 0.381 e. The van der Waals surface area contributed by atoms with Crippen LogP contribution in [0.15, 0.2) is 0 Å². The van der Waals surface area contributed by atoms with Gasteiger partial charge in [0.05, 0.1) is 12.7 Å². The van der Waals surface area contributed by atoms with E-state index in [1.165, 1.54) is 51.4 Å². The van der Waals surface area contributed by atoms with Crippen molar-refractivity contribution in [3.63, 3.8) is 0 Å². The van der Waals surface area contributed by atoms with Crippen LogP contribution < -0.4 is 5.32 Å². The Morgan fingerprint density at radius 2 is 2.11 bits per heavy atom. The van der Waals surface area contributed by atoms with Crippen LogP contribution in [0.2, 0.25) is 0 Å². The number of ether oxygens (including phenoxy) is 2. The molecule has 3 atom stereocenters. The molecule has 19 heavy (non-hydrogen) atoms. The van der Waals surface area contributed by atoms with Gasteiger partial charge in [0, 0.05) is 19.3 Å². The van der Waals surface area contributed by atoms with Crippen molar-refractivity contribution in [2.75, 3.05) is 26.4 Å². The van der Waals surface area contributed by atoms with E-state index < -0.39 is 0 Å². The second kappa shape index (κ2) is 8.93. The van der Waals surface area contributed by atoms with Gasteiger partial charge in [-0.15, -0.1) is 0 Å². The number of hydrogen-bond donors (Lipinski definition) is 1. The van der Waals surface area contributed by atoms with E-state index >= 15 is 0 Å². The van der Waals surface area contributed by atoms with Gasteiger partial charge in [-0.2, -0.15) is 0 Å². The summed E-state index contributed by atoms with van der Waals surface area (Å²) in [6.07, 6.45) is 10.6. The SMILES string of the molecule is CCCNC(CCC1CCCCO1)C1CCCOC1. The zero-order valence-electron chi connectivity index (χ0n) is 12.5. The molecule has 2 aliphatic heterocycles. The Morgan fingerprint density at radius 1 is 1.16 bits per heavy atom. The molecule has 2 saturated heterocycles. The molecule has 0 spiro atoms. The van der Waals surface area contributed by atoms with Crippen LogP contribution >= 0.6 is 0 Å². The van der Waals surface area contributed by atoms with Crippen molar-refractivity contribution in [3.8, 4) is 0 Å². The highest BCUT2D eigenvalue weighted by molar-refractivity contribution is 4.80. The Balaban J connectivity index is 1.74. The van der Waals surface area contributed by atoms with Crippen molar-refractivity contribution in [2.45, 2.75) is 70.4 Å². The maximum atomic E-state index is 5.86. The van der Waals surface area contributed by atoms with Crippen molar-refractivity contribution in [2.24, 2.45) is 5.92 Å². The Hall–Kier alpha value is -0.120. The van der Waals surface area contributed by atoms with Gasteiger partial charge in [-0.05, 0) is 63.8 Å². The molecule has 2 aliphatic rings. The van der Waals surface area contributed by atoms with Gasteiger partial charge in [-0.1, -0.05) is 6.92 Å². The van der Waals surface area contributed by atoms with Crippen LogP contribution in [0, 0.1) is 5.92 Å². The summed E-state index contributed by atoms with van der Waals surface area (Å²) >= 11 is 0. The first-order valence-electron chi connectivity index (χ1n) is 8.33. The minimum absolute atomic E-state index is 0.518. The Morgan fingerprint density at radius 3 is 2.79 bits per heavy atom. The molecule has 0 aliphatic carbocycles. The fourth-order valence-corrected chi connectivity index (χ4v) is 3.32. The van der Waals surface area contributed by atoms with Crippen LogP contribution in [-0.2, 0) is 9.47 Å². The fraction of sp³-hybridized carbons (Fsp3) is 1.00. The molecule has 3 unspecified atom stereocenters. The average molecular weight is 269 g/mol. The van der Waals surface area contributed by atoms with Gasteiger partial charge < -0.3 is 14.8 Å². The molecule has 2 fully saturated rings. The highest BCUT2D eigenvalue weighted by Crippen LogP contribution is 2.24. The smallest absolute Gasteiger partial charge is 0.0575 e. The van der Waals surface area contributed by atoms with Gasteiger partial charge in [0.2, 0.25) is 0 Å². The quantitative estimate of drug-likeness (QED) is 0.770. The second-order valence-corrected chi connectivity index (χ2v) is 6.10. The van der Waals surface area contributed by atoms with Crippen LogP contribution in [0.1, 0.15) is 58.3 Å². The summed E-state index contributed by atoms with van der Waals surface area (Å²) in [5.74, 6) is 0.712. The van der Waals surface area contributed by atoms with Gasteiger partial charge in [-0.25, -0.2) is 0 Å². The van der Waals surface area contributed by atoms with Crippen LogP contribution in [0.25, 0.3) is 0 Å². The Kier molecular flexibility index (Phi) is 7.18. The first-order chi connectivity index (χ1) is 9.40. The van der Waals surface area contributed by atoms with Crippen molar-refractivity contribution >= 4 is 0 Å². The van der Waals surface area contributed by atoms with E-state index in [1.807, 2.05) is 0 Å². The Bertz CT molecular complexity index is 223. The number of hydrogen-bond acceptors (Lipinski definition) is 3. The van der Waals surface area contributed by atoms with E-state index in [2.05, 4.69) is 12.2 Å². The lowest BCUT2D eigenvalue weighted by Gasteiger charge is -2.32. The molecule has 3 nitrogen and oxygen atoms in total. The van der Waals surface area contributed by atoms with E-state index in [9.17, 15) is 0 Å². The van der Waals surface area contributed by atoms with Gasteiger partial charge in [0.1, 0.15) is 0 Å². The zero-order valence-corrected chi connectivity index (χ0v) is 12.5. The normalized spacial score (nSPS) is 30.2. The third kappa shape index (κ3) is 5.41. The predicted molar refractivity (Wildman–Crippen MR) is 78.4 cm³/mol. The lowest BCUT2D eigenvalue weighted by Crippen LogP contribution is -2.41. The van der Waals surface area contributed by atoms with Gasteiger partial charge >= 0.3 is 0 Å². The first-order valence-corrected chi connectivity index (χ1v) is 8.33. The van der Waals surface area contributed by atoms with Gasteiger partial charge in [0.15, 0.2) is 0 Å². The van der Waals surface area contributed by atoms with Gasteiger partial charge in [-0.3, -0.25) is 0 Å². The highest BCUT2D eigenvalue weighted by atomic mass is 16.5. The maximum absolute atomic E-state index is 5.86. The molecular formula is C16H31NO2. The van der Waals surface area contributed by atoms with Crippen LogP contribution in [0.5, 0.6) is 0 Å². The number of rotatable bonds is 7. The molecule has 0 amide bonds. The summed E-state index contributed by atoms with van der Waals surface area (Å²) in [5.41, 5.74) is 0. The summed E-state index contributed by atoms with van der Waals surface area (Å²) in [6, 6.07) is 0.630. The third-order valence-corrected chi connectivity index (χ3v) is 4.49. The van der Waals surface area contributed by atoms with E-state index in [0.29, 0.717) is 18.1 Å². The minimum atomic E-state index is 0.518. The minimum Gasteiger partial charge on any atom is -0.381 e.